The number of hydrogen-bond acceptors (Lipinski definition) is 2. The van der Waals surface area contributed by atoms with Gasteiger partial charge in [-0.3, -0.25) is 4.79 Å². The van der Waals surface area contributed by atoms with Gasteiger partial charge < -0.3 is 5.11 Å². The lowest BCUT2D eigenvalue weighted by Crippen LogP contribution is -2.02. The Labute approximate surface area is 86.5 Å². The van der Waals surface area contributed by atoms with Crippen molar-refractivity contribution in [1.29, 1.82) is 5.26 Å². The molecule has 1 aromatic carbocycles. The lowest BCUT2D eigenvalue weighted by Gasteiger charge is -2.04. The summed E-state index contributed by atoms with van der Waals surface area (Å²) < 4.78 is 0. The van der Waals surface area contributed by atoms with Crippen LogP contribution in [0, 0.1) is 18.3 Å². The molecule has 0 aliphatic carbocycles. The Hall–Kier alpha value is -1.53. The molecule has 0 amide bonds. The molecule has 0 saturated carbocycles. The number of halogens is 1. The van der Waals surface area contributed by atoms with Gasteiger partial charge in [-0.15, -0.1) is 0 Å². The van der Waals surface area contributed by atoms with Gasteiger partial charge in [0.05, 0.1) is 17.0 Å². The minimum absolute atomic E-state index is 0.0722. The van der Waals surface area contributed by atoms with Gasteiger partial charge in [0.2, 0.25) is 0 Å². The molecule has 0 aliphatic heterocycles. The fraction of sp³-hybridized carbons (Fsp3) is 0.200. The van der Waals surface area contributed by atoms with E-state index in [9.17, 15) is 4.79 Å². The Morgan fingerprint density at radius 3 is 2.79 bits per heavy atom. The van der Waals surface area contributed by atoms with Crippen LogP contribution < -0.4 is 0 Å². The molecular weight excluding hydrogens is 202 g/mol. The van der Waals surface area contributed by atoms with Crippen molar-refractivity contribution in [1.82, 2.24) is 0 Å². The van der Waals surface area contributed by atoms with E-state index in [4.69, 9.17) is 22.0 Å². The minimum Gasteiger partial charge on any atom is -0.481 e. The summed E-state index contributed by atoms with van der Waals surface area (Å²) in [7, 11) is 0. The van der Waals surface area contributed by atoms with Crippen LogP contribution in [0.3, 0.4) is 0 Å². The van der Waals surface area contributed by atoms with Crippen molar-refractivity contribution in [2.75, 3.05) is 0 Å². The second kappa shape index (κ2) is 4.12. The molecule has 1 aromatic rings. The van der Waals surface area contributed by atoms with Gasteiger partial charge in [-0.05, 0) is 30.2 Å². The number of benzene rings is 1. The number of carbonyl (C=O) groups is 1. The van der Waals surface area contributed by atoms with E-state index < -0.39 is 5.97 Å². The first kappa shape index (κ1) is 10.6. The molecule has 4 heteroatoms. The summed E-state index contributed by atoms with van der Waals surface area (Å²) >= 11 is 5.77. The SMILES string of the molecule is Cc1cc(C#N)c(Cl)cc1CC(=O)O. The Morgan fingerprint density at radius 2 is 2.29 bits per heavy atom. The highest BCUT2D eigenvalue weighted by atomic mass is 35.5. The third kappa shape index (κ3) is 2.24. The van der Waals surface area contributed by atoms with E-state index in [1.807, 2.05) is 6.07 Å². The molecule has 0 unspecified atom stereocenters. The highest BCUT2D eigenvalue weighted by Crippen LogP contribution is 2.20. The van der Waals surface area contributed by atoms with Gasteiger partial charge >= 0.3 is 5.97 Å². The summed E-state index contributed by atoms with van der Waals surface area (Å²) in [6, 6.07) is 5.07. The van der Waals surface area contributed by atoms with Crippen LogP contribution >= 0.6 is 11.6 Å². The fourth-order valence-electron chi connectivity index (χ4n) is 1.16. The molecule has 0 atom stereocenters. The van der Waals surface area contributed by atoms with Gasteiger partial charge in [0.25, 0.3) is 0 Å². The first-order valence-corrected chi connectivity index (χ1v) is 4.33. The van der Waals surface area contributed by atoms with Gasteiger partial charge in [-0.2, -0.15) is 5.26 Å². The van der Waals surface area contributed by atoms with Gasteiger partial charge in [0, 0.05) is 0 Å². The van der Waals surface area contributed by atoms with Gasteiger partial charge in [0.15, 0.2) is 0 Å². The zero-order valence-corrected chi connectivity index (χ0v) is 8.30. The maximum absolute atomic E-state index is 10.5. The Bertz CT molecular complexity index is 421. The van der Waals surface area contributed by atoms with Crippen LogP contribution in [0.4, 0.5) is 0 Å². The largest absolute Gasteiger partial charge is 0.481 e. The smallest absolute Gasteiger partial charge is 0.307 e. The molecule has 0 aromatic heterocycles. The van der Waals surface area contributed by atoms with Gasteiger partial charge in [-0.25, -0.2) is 0 Å². The number of aryl methyl sites for hydroxylation is 1. The average molecular weight is 210 g/mol. The van der Waals surface area contributed by atoms with Crippen LogP contribution in [0.2, 0.25) is 5.02 Å². The third-order valence-corrected chi connectivity index (χ3v) is 2.20. The van der Waals surface area contributed by atoms with Gasteiger partial charge in [0.1, 0.15) is 6.07 Å². The van der Waals surface area contributed by atoms with Crippen molar-refractivity contribution < 1.29 is 9.90 Å². The molecule has 72 valence electrons. The first-order valence-electron chi connectivity index (χ1n) is 3.95. The van der Waals surface area contributed by atoms with Crippen LogP contribution in [0.25, 0.3) is 0 Å². The predicted molar refractivity (Wildman–Crippen MR) is 52.2 cm³/mol. The summed E-state index contributed by atoms with van der Waals surface area (Å²) in [5, 5.41) is 17.6. The number of nitriles is 1. The quantitative estimate of drug-likeness (QED) is 0.812. The second-order valence-electron chi connectivity index (χ2n) is 2.94. The van der Waals surface area contributed by atoms with Crippen molar-refractivity contribution in [2.45, 2.75) is 13.3 Å². The summed E-state index contributed by atoms with van der Waals surface area (Å²) in [6.07, 6.45) is -0.0722. The summed E-state index contributed by atoms with van der Waals surface area (Å²) in [5.74, 6) is -0.908. The highest BCUT2D eigenvalue weighted by Gasteiger charge is 2.08. The van der Waals surface area contributed by atoms with E-state index >= 15 is 0 Å². The van der Waals surface area contributed by atoms with Crippen molar-refractivity contribution in [2.24, 2.45) is 0 Å². The van der Waals surface area contributed by atoms with E-state index in [-0.39, 0.29) is 6.42 Å². The summed E-state index contributed by atoms with van der Waals surface area (Å²) in [5.41, 5.74) is 1.79. The molecule has 0 heterocycles. The van der Waals surface area contributed by atoms with Crippen LogP contribution in [-0.2, 0) is 11.2 Å². The number of carboxylic acids is 1. The molecule has 3 nitrogen and oxygen atoms in total. The molecular formula is C10H8ClNO2. The number of hydrogen-bond donors (Lipinski definition) is 1. The highest BCUT2D eigenvalue weighted by molar-refractivity contribution is 6.31. The fourth-order valence-corrected chi connectivity index (χ4v) is 1.39. The maximum Gasteiger partial charge on any atom is 0.307 e. The first-order chi connectivity index (χ1) is 6.54. The lowest BCUT2D eigenvalue weighted by molar-refractivity contribution is -0.136. The lowest BCUT2D eigenvalue weighted by atomic mass is 10.0. The summed E-state index contributed by atoms with van der Waals surface area (Å²) in [4.78, 5) is 10.5. The molecule has 0 radical (unpaired) electrons. The molecule has 0 bridgehead atoms. The van der Waals surface area contributed by atoms with Crippen molar-refractivity contribution >= 4 is 17.6 Å². The topological polar surface area (TPSA) is 61.1 Å². The Balaban J connectivity index is 3.16. The third-order valence-electron chi connectivity index (χ3n) is 1.89. The van der Waals surface area contributed by atoms with Crippen LogP contribution in [-0.4, -0.2) is 11.1 Å². The second-order valence-corrected chi connectivity index (χ2v) is 3.35. The van der Waals surface area contributed by atoms with Crippen LogP contribution in [0.15, 0.2) is 12.1 Å². The van der Waals surface area contributed by atoms with E-state index in [2.05, 4.69) is 0 Å². The maximum atomic E-state index is 10.5. The number of nitrogens with zero attached hydrogens (tertiary/aromatic N) is 1. The molecule has 0 aliphatic rings. The Kier molecular flexibility index (Phi) is 3.10. The van der Waals surface area contributed by atoms with E-state index in [0.29, 0.717) is 16.1 Å². The van der Waals surface area contributed by atoms with E-state index in [1.54, 1.807) is 13.0 Å². The normalized spacial score (nSPS) is 9.50. The number of rotatable bonds is 2. The summed E-state index contributed by atoms with van der Waals surface area (Å²) in [6.45, 7) is 1.76. The van der Waals surface area contributed by atoms with Crippen molar-refractivity contribution in [3.63, 3.8) is 0 Å². The van der Waals surface area contributed by atoms with Crippen molar-refractivity contribution in [3.05, 3.63) is 33.8 Å². The molecule has 0 fully saturated rings. The molecule has 14 heavy (non-hydrogen) atoms. The number of carboxylic acid groups (broad SMARTS) is 1. The number of aliphatic carboxylic acids is 1. The molecule has 0 saturated heterocycles. The minimum atomic E-state index is -0.908. The Morgan fingerprint density at radius 1 is 1.64 bits per heavy atom. The standard InChI is InChI=1S/C10H8ClNO2/c1-6-2-8(5-12)9(11)3-7(6)4-10(13)14/h2-3H,4H2,1H3,(H,13,14). The average Bonchev–Trinajstić information content (AvgIpc) is 2.10. The van der Waals surface area contributed by atoms with Gasteiger partial charge in [-0.1, -0.05) is 11.6 Å². The molecule has 1 rings (SSSR count). The van der Waals surface area contributed by atoms with E-state index in [1.165, 1.54) is 6.07 Å². The van der Waals surface area contributed by atoms with Crippen molar-refractivity contribution in [3.8, 4) is 6.07 Å². The molecule has 1 N–H and O–H groups in total. The van der Waals surface area contributed by atoms with Crippen LogP contribution in [0.1, 0.15) is 16.7 Å². The predicted octanol–water partition coefficient (Wildman–Crippen LogP) is 2.15. The monoisotopic (exact) mass is 209 g/mol. The van der Waals surface area contributed by atoms with Crippen LogP contribution in [0.5, 0.6) is 0 Å². The molecule has 0 spiro atoms. The zero-order chi connectivity index (χ0) is 10.7. The van der Waals surface area contributed by atoms with E-state index in [0.717, 1.165) is 5.56 Å². The zero-order valence-electron chi connectivity index (χ0n) is 7.54.